The highest BCUT2D eigenvalue weighted by Gasteiger charge is 2.25. The molecular formula is C20H32N2O2S. The average molecular weight is 365 g/mol. The Hall–Kier alpha value is -0.910. The van der Waals surface area contributed by atoms with Crippen molar-refractivity contribution in [2.45, 2.75) is 62.9 Å². The van der Waals surface area contributed by atoms with Crippen molar-refractivity contribution < 1.29 is 8.42 Å². The number of hydrogen-bond acceptors (Lipinski definition) is 4. The minimum Gasteiger partial charge on any atom is -0.310 e. The Bertz CT molecular complexity index is 628. The maximum Gasteiger partial charge on any atom is 0.178 e. The van der Waals surface area contributed by atoms with Crippen molar-refractivity contribution in [3.8, 4) is 0 Å². The summed E-state index contributed by atoms with van der Waals surface area (Å²) in [6.07, 6.45) is 7.18. The van der Waals surface area contributed by atoms with Gasteiger partial charge >= 0.3 is 0 Å². The van der Waals surface area contributed by atoms with Gasteiger partial charge < -0.3 is 10.2 Å². The van der Waals surface area contributed by atoms with Gasteiger partial charge in [-0.2, -0.15) is 0 Å². The fourth-order valence-corrected chi connectivity index (χ4v) is 5.78. The number of piperidine rings is 1. The molecule has 0 bridgehead atoms. The number of rotatable bonds is 7. The summed E-state index contributed by atoms with van der Waals surface area (Å²) < 4.78 is 25.4. The Kier molecular flexibility index (Phi) is 6.53. The normalized spacial score (nSPS) is 21.0. The predicted octanol–water partition coefficient (Wildman–Crippen LogP) is 3.22. The molecule has 1 saturated heterocycles. The number of hydrogen-bond donors (Lipinski definition) is 1. The zero-order chi connectivity index (χ0) is 17.7. The topological polar surface area (TPSA) is 49.4 Å². The number of nitrogens with one attached hydrogen (secondary N) is 1. The van der Waals surface area contributed by atoms with E-state index >= 15 is 0 Å². The molecule has 0 aromatic heterocycles. The first-order chi connectivity index (χ1) is 12.1. The van der Waals surface area contributed by atoms with Crippen molar-refractivity contribution in [3.05, 3.63) is 29.8 Å². The van der Waals surface area contributed by atoms with Crippen LogP contribution >= 0.6 is 0 Å². The van der Waals surface area contributed by atoms with Crippen LogP contribution in [0.1, 0.15) is 51.0 Å². The summed E-state index contributed by atoms with van der Waals surface area (Å²) in [7, 11) is -3.17. The molecule has 5 heteroatoms. The minimum absolute atomic E-state index is 0.296. The highest BCUT2D eigenvalue weighted by Crippen LogP contribution is 2.23. The van der Waals surface area contributed by atoms with Crippen LogP contribution < -0.4 is 5.32 Å². The molecule has 1 aromatic carbocycles. The van der Waals surface area contributed by atoms with E-state index in [0.29, 0.717) is 22.6 Å². The molecular weight excluding hydrogens is 332 g/mol. The van der Waals surface area contributed by atoms with Gasteiger partial charge in [0.2, 0.25) is 0 Å². The van der Waals surface area contributed by atoms with Gasteiger partial charge in [-0.15, -0.1) is 0 Å². The molecule has 1 saturated carbocycles. The van der Waals surface area contributed by atoms with Crippen molar-refractivity contribution in [1.29, 1.82) is 0 Å². The smallest absolute Gasteiger partial charge is 0.178 e. The van der Waals surface area contributed by atoms with Crippen LogP contribution in [0, 0.1) is 5.92 Å². The molecule has 1 aliphatic carbocycles. The third-order valence-corrected chi connectivity index (χ3v) is 7.74. The molecule has 0 radical (unpaired) electrons. The SMILES string of the molecule is CCN1CCC(CS(=O)(=O)c2ccc(CNC3CCCC3)cc2)CC1. The zero-order valence-corrected chi connectivity index (χ0v) is 16.2. The van der Waals surface area contributed by atoms with Gasteiger partial charge in [-0.25, -0.2) is 8.42 Å². The Labute approximate surface area is 152 Å². The van der Waals surface area contributed by atoms with Gasteiger partial charge in [0, 0.05) is 12.6 Å². The Morgan fingerprint density at radius 2 is 1.68 bits per heavy atom. The van der Waals surface area contributed by atoms with Crippen LogP contribution in [0.3, 0.4) is 0 Å². The maximum atomic E-state index is 12.7. The van der Waals surface area contributed by atoms with Crippen molar-refractivity contribution >= 4 is 9.84 Å². The largest absolute Gasteiger partial charge is 0.310 e. The number of sulfone groups is 1. The standard InChI is InChI=1S/C20H32N2O2S/c1-2-22-13-11-18(12-14-22)16-25(23,24)20-9-7-17(8-10-20)15-21-19-5-3-4-6-19/h7-10,18-19,21H,2-6,11-16H2,1H3. The number of nitrogens with zero attached hydrogens (tertiary/aromatic N) is 1. The zero-order valence-electron chi connectivity index (χ0n) is 15.4. The lowest BCUT2D eigenvalue weighted by molar-refractivity contribution is 0.202. The Morgan fingerprint density at radius 1 is 1.04 bits per heavy atom. The first-order valence-electron chi connectivity index (χ1n) is 9.84. The summed E-state index contributed by atoms with van der Waals surface area (Å²) in [5.41, 5.74) is 1.17. The average Bonchev–Trinajstić information content (AvgIpc) is 3.14. The number of likely N-dealkylation sites (tertiary alicyclic amines) is 1. The molecule has 0 amide bonds. The summed E-state index contributed by atoms with van der Waals surface area (Å²) in [5, 5.41) is 3.58. The van der Waals surface area contributed by atoms with E-state index in [0.717, 1.165) is 39.0 Å². The van der Waals surface area contributed by atoms with Crippen LogP contribution in [-0.2, 0) is 16.4 Å². The Morgan fingerprint density at radius 3 is 2.28 bits per heavy atom. The third kappa shape index (κ3) is 5.28. The molecule has 140 valence electrons. The molecule has 1 aromatic rings. The van der Waals surface area contributed by atoms with Gasteiger partial charge in [0.25, 0.3) is 0 Å². The van der Waals surface area contributed by atoms with E-state index in [2.05, 4.69) is 17.1 Å². The van der Waals surface area contributed by atoms with E-state index in [4.69, 9.17) is 0 Å². The van der Waals surface area contributed by atoms with Crippen molar-refractivity contribution in [2.75, 3.05) is 25.4 Å². The minimum atomic E-state index is -3.17. The van der Waals surface area contributed by atoms with E-state index in [1.165, 1.54) is 31.2 Å². The van der Waals surface area contributed by atoms with Gasteiger partial charge in [0.15, 0.2) is 9.84 Å². The molecule has 1 aliphatic heterocycles. The van der Waals surface area contributed by atoms with Crippen LogP contribution in [0.15, 0.2) is 29.2 Å². The van der Waals surface area contributed by atoms with Crippen LogP contribution in [-0.4, -0.2) is 44.7 Å². The molecule has 25 heavy (non-hydrogen) atoms. The summed E-state index contributed by atoms with van der Waals surface area (Å²) in [6.45, 7) is 6.13. The summed E-state index contributed by atoms with van der Waals surface area (Å²) >= 11 is 0. The summed E-state index contributed by atoms with van der Waals surface area (Å²) in [4.78, 5) is 2.88. The molecule has 1 heterocycles. The monoisotopic (exact) mass is 364 g/mol. The molecule has 1 N–H and O–H groups in total. The molecule has 0 spiro atoms. The molecule has 3 rings (SSSR count). The first-order valence-corrected chi connectivity index (χ1v) is 11.5. The van der Waals surface area contributed by atoms with Crippen LogP contribution in [0.2, 0.25) is 0 Å². The second-order valence-electron chi connectivity index (χ2n) is 7.67. The highest BCUT2D eigenvalue weighted by molar-refractivity contribution is 7.91. The second-order valence-corrected chi connectivity index (χ2v) is 9.70. The number of benzene rings is 1. The van der Waals surface area contributed by atoms with E-state index < -0.39 is 9.84 Å². The van der Waals surface area contributed by atoms with Crippen LogP contribution in [0.25, 0.3) is 0 Å². The van der Waals surface area contributed by atoms with Crippen molar-refractivity contribution in [2.24, 2.45) is 5.92 Å². The predicted molar refractivity (Wildman–Crippen MR) is 102 cm³/mol. The second kappa shape index (κ2) is 8.65. The fourth-order valence-electron chi connectivity index (χ4n) is 4.08. The molecule has 0 unspecified atom stereocenters. The van der Waals surface area contributed by atoms with Gasteiger partial charge in [0.05, 0.1) is 10.6 Å². The van der Waals surface area contributed by atoms with Crippen molar-refractivity contribution in [3.63, 3.8) is 0 Å². The van der Waals surface area contributed by atoms with Gasteiger partial charge in [0.1, 0.15) is 0 Å². The van der Waals surface area contributed by atoms with Crippen LogP contribution in [0.5, 0.6) is 0 Å². The van der Waals surface area contributed by atoms with E-state index in [9.17, 15) is 8.42 Å². The quantitative estimate of drug-likeness (QED) is 0.807. The van der Waals surface area contributed by atoms with Crippen molar-refractivity contribution in [1.82, 2.24) is 10.2 Å². The summed E-state index contributed by atoms with van der Waals surface area (Å²) in [6, 6.07) is 8.16. The maximum absolute atomic E-state index is 12.7. The Balaban J connectivity index is 1.53. The molecule has 0 atom stereocenters. The highest BCUT2D eigenvalue weighted by atomic mass is 32.2. The van der Waals surface area contributed by atoms with Crippen LogP contribution in [0.4, 0.5) is 0 Å². The van der Waals surface area contributed by atoms with Gasteiger partial charge in [-0.1, -0.05) is 31.9 Å². The molecule has 2 aliphatic rings. The lowest BCUT2D eigenvalue weighted by atomic mass is 9.99. The lowest BCUT2D eigenvalue weighted by Gasteiger charge is -2.30. The van der Waals surface area contributed by atoms with E-state index in [1.54, 1.807) is 12.1 Å². The van der Waals surface area contributed by atoms with Gasteiger partial charge in [-0.3, -0.25) is 0 Å². The summed E-state index contributed by atoms with van der Waals surface area (Å²) in [5.74, 6) is 0.598. The first kappa shape index (κ1) is 18.9. The fraction of sp³-hybridized carbons (Fsp3) is 0.700. The molecule has 4 nitrogen and oxygen atoms in total. The van der Waals surface area contributed by atoms with Gasteiger partial charge in [-0.05, 0) is 68.9 Å². The lowest BCUT2D eigenvalue weighted by Crippen LogP contribution is -2.35. The van der Waals surface area contributed by atoms with E-state index in [1.807, 2.05) is 12.1 Å². The van der Waals surface area contributed by atoms with E-state index in [-0.39, 0.29) is 0 Å². The molecule has 2 fully saturated rings. The third-order valence-electron chi connectivity index (χ3n) is 5.84.